The first-order chi connectivity index (χ1) is 8.27. The standard InChI is InChI=1S/C15H30N2O/c1-14(2)9-13(15(3,4)18-14)17(5)12-8-6-7-11(12)10-16/h11-13H,6-10,16H2,1-5H3. The molecule has 2 rings (SSSR count). The zero-order valence-electron chi connectivity index (χ0n) is 12.7. The largest absolute Gasteiger partial charge is 0.368 e. The van der Waals surface area contributed by atoms with Crippen LogP contribution in [0.5, 0.6) is 0 Å². The lowest BCUT2D eigenvalue weighted by molar-refractivity contribution is -0.0826. The lowest BCUT2D eigenvalue weighted by atomic mass is 9.90. The molecule has 0 aromatic rings. The highest BCUT2D eigenvalue weighted by Gasteiger charge is 2.49. The van der Waals surface area contributed by atoms with E-state index in [1.807, 2.05) is 0 Å². The van der Waals surface area contributed by atoms with Gasteiger partial charge < -0.3 is 10.5 Å². The Kier molecular flexibility index (Phi) is 3.79. The molecule has 3 unspecified atom stereocenters. The average molecular weight is 254 g/mol. The van der Waals surface area contributed by atoms with E-state index in [1.165, 1.54) is 19.3 Å². The van der Waals surface area contributed by atoms with Crippen molar-refractivity contribution in [2.24, 2.45) is 11.7 Å². The Balaban J connectivity index is 2.11. The summed E-state index contributed by atoms with van der Waals surface area (Å²) < 4.78 is 6.23. The van der Waals surface area contributed by atoms with Crippen molar-refractivity contribution in [2.75, 3.05) is 13.6 Å². The Bertz CT molecular complexity index is 301. The highest BCUT2D eigenvalue weighted by Crippen LogP contribution is 2.42. The minimum absolute atomic E-state index is 0.000752. The molecule has 3 nitrogen and oxygen atoms in total. The van der Waals surface area contributed by atoms with Crippen LogP contribution in [0.3, 0.4) is 0 Å². The van der Waals surface area contributed by atoms with Crippen LogP contribution in [0.2, 0.25) is 0 Å². The predicted octanol–water partition coefficient (Wildman–Crippen LogP) is 2.39. The van der Waals surface area contributed by atoms with Crippen molar-refractivity contribution in [2.45, 2.75) is 76.7 Å². The van der Waals surface area contributed by atoms with Gasteiger partial charge in [-0.25, -0.2) is 0 Å². The van der Waals surface area contributed by atoms with Crippen LogP contribution >= 0.6 is 0 Å². The fourth-order valence-corrected chi connectivity index (χ4v) is 4.23. The average Bonchev–Trinajstić information content (AvgIpc) is 2.78. The maximum Gasteiger partial charge on any atom is 0.0789 e. The summed E-state index contributed by atoms with van der Waals surface area (Å²) in [4.78, 5) is 2.57. The minimum atomic E-state index is -0.0556. The second kappa shape index (κ2) is 4.77. The summed E-state index contributed by atoms with van der Waals surface area (Å²) in [7, 11) is 2.27. The van der Waals surface area contributed by atoms with Crippen molar-refractivity contribution < 1.29 is 4.74 Å². The summed E-state index contributed by atoms with van der Waals surface area (Å²) in [6.45, 7) is 9.70. The predicted molar refractivity (Wildman–Crippen MR) is 75.6 cm³/mol. The summed E-state index contributed by atoms with van der Waals surface area (Å²) in [5.74, 6) is 0.675. The molecule has 3 atom stereocenters. The summed E-state index contributed by atoms with van der Waals surface area (Å²) in [5, 5.41) is 0. The molecule has 0 aromatic carbocycles. The van der Waals surface area contributed by atoms with E-state index in [9.17, 15) is 0 Å². The summed E-state index contributed by atoms with van der Waals surface area (Å²) in [6, 6.07) is 1.15. The van der Waals surface area contributed by atoms with Gasteiger partial charge in [0.1, 0.15) is 0 Å². The topological polar surface area (TPSA) is 38.5 Å². The highest BCUT2D eigenvalue weighted by molar-refractivity contribution is 5.02. The van der Waals surface area contributed by atoms with E-state index >= 15 is 0 Å². The molecule has 1 aliphatic carbocycles. The zero-order chi connectivity index (χ0) is 13.6. The van der Waals surface area contributed by atoms with E-state index in [1.54, 1.807) is 0 Å². The molecular weight excluding hydrogens is 224 g/mol. The number of nitrogens with two attached hydrogens (primary N) is 1. The van der Waals surface area contributed by atoms with Crippen LogP contribution in [0.15, 0.2) is 0 Å². The molecule has 0 aromatic heterocycles. The number of hydrogen-bond acceptors (Lipinski definition) is 3. The smallest absolute Gasteiger partial charge is 0.0789 e. The van der Waals surface area contributed by atoms with Crippen LogP contribution in [-0.4, -0.2) is 41.8 Å². The maximum absolute atomic E-state index is 6.23. The molecular formula is C15H30N2O. The second-order valence-corrected chi connectivity index (χ2v) is 7.34. The van der Waals surface area contributed by atoms with Crippen molar-refractivity contribution in [1.82, 2.24) is 4.90 Å². The van der Waals surface area contributed by atoms with E-state index in [0.29, 0.717) is 18.0 Å². The van der Waals surface area contributed by atoms with Crippen molar-refractivity contribution in [3.8, 4) is 0 Å². The molecule has 2 aliphatic rings. The molecule has 0 bridgehead atoms. The molecule has 2 N–H and O–H groups in total. The van der Waals surface area contributed by atoms with Crippen molar-refractivity contribution >= 4 is 0 Å². The van der Waals surface area contributed by atoms with Crippen molar-refractivity contribution in [1.29, 1.82) is 0 Å². The number of rotatable bonds is 3. The number of hydrogen-bond donors (Lipinski definition) is 1. The van der Waals surface area contributed by atoms with Gasteiger partial charge in [0.05, 0.1) is 11.2 Å². The van der Waals surface area contributed by atoms with E-state index in [2.05, 4.69) is 39.6 Å². The third-order valence-electron chi connectivity index (χ3n) is 4.96. The first kappa shape index (κ1) is 14.3. The van der Waals surface area contributed by atoms with Crippen LogP contribution in [-0.2, 0) is 4.74 Å². The van der Waals surface area contributed by atoms with E-state index in [-0.39, 0.29) is 11.2 Å². The molecule has 1 saturated carbocycles. The molecule has 1 saturated heterocycles. The molecule has 0 radical (unpaired) electrons. The third-order valence-corrected chi connectivity index (χ3v) is 4.96. The van der Waals surface area contributed by atoms with Crippen LogP contribution < -0.4 is 5.73 Å². The van der Waals surface area contributed by atoms with Crippen molar-refractivity contribution in [3.05, 3.63) is 0 Å². The fraction of sp³-hybridized carbons (Fsp3) is 1.00. The van der Waals surface area contributed by atoms with Crippen LogP contribution in [0.25, 0.3) is 0 Å². The second-order valence-electron chi connectivity index (χ2n) is 7.34. The van der Waals surface area contributed by atoms with E-state index in [0.717, 1.165) is 13.0 Å². The summed E-state index contributed by atoms with van der Waals surface area (Å²) in [5.41, 5.74) is 5.87. The Hall–Kier alpha value is -0.120. The molecule has 18 heavy (non-hydrogen) atoms. The SMILES string of the molecule is CN(C1CCCC1CN)C1CC(C)(C)OC1(C)C. The van der Waals surface area contributed by atoms with Crippen LogP contribution in [0, 0.1) is 5.92 Å². The zero-order valence-corrected chi connectivity index (χ0v) is 12.7. The maximum atomic E-state index is 6.23. The van der Waals surface area contributed by atoms with Gasteiger partial charge in [0.25, 0.3) is 0 Å². The van der Waals surface area contributed by atoms with Gasteiger partial charge in [-0.3, -0.25) is 4.90 Å². The molecule has 3 heteroatoms. The van der Waals surface area contributed by atoms with E-state index in [4.69, 9.17) is 10.5 Å². The Morgan fingerprint density at radius 1 is 1.22 bits per heavy atom. The molecule has 106 valence electrons. The number of likely N-dealkylation sites (N-methyl/N-ethyl adjacent to an activating group) is 1. The Morgan fingerprint density at radius 2 is 1.89 bits per heavy atom. The first-order valence-electron chi connectivity index (χ1n) is 7.39. The molecule has 0 amide bonds. The van der Waals surface area contributed by atoms with Crippen LogP contribution in [0.1, 0.15) is 53.4 Å². The van der Waals surface area contributed by atoms with Crippen LogP contribution in [0.4, 0.5) is 0 Å². The van der Waals surface area contributed by atoms with Gasteiger partial charge in [0.2, 0.25) is 0 Å². The third kappa shape index (κ3) is 2.59. The van der Waals surface area contributed by atoms with E-state index < -0.39 is 0 Å². The Morgan fingerprint density at radius 3 is 2.39 bits per heavy atom. The minimum Gasteiger partial charge on any atom is -0.368 e. The molecule has 0 spiro atoms. The van der Waals surface area contributed by atoms with Gasteiger partial charge in [0.15, 0.2) is 0 Å². The quantitative estimate of drug-likeness (QED) is 0.840. The van der Waals surface area contributed by atoms with Gasteiger partial charge in [-0.1, -0.05) is 6.42 Å². The lowest BCUT2D eigenvalue weighted by Crippen LogP contribution is -2.51. The Labute approximate surface area is 112 Å². The molecule has 2 fully saturated rings. The summed E-state index contributed by atoms with van der Waals surface area (Å²) >= 11 is 0. The van der Waals surface area contributed by atoms with Gasteiger partial charge in [-0.15, -0.1) is 0 Å². The van der Waals surface area contributed by atoms with Gasteiger partial charge in [-0.2, -0.15) is 0 Å². The molecule has 1 aliphatic heterocycles. The number of ether oxygens (including phenoxy) is 1. The number of nitrogens with zero attached hydrogens (tertiary/aromatic N) is 1. The van der Waals surface area contributed by atoms with Gasteiger partial charge in [-0.05, 0) is 66.5 Å². The van der Waals surface area contributed by atoms with Crippen molar-refractivity contribution in [3.63, 3.8) is 0 Å². The molecule has 1 heterocycles. The van der Waals surface area contributed by atoms with Gasteiger partial charge >= 0.3 is 0 Å². The highest BCUT2D eigenvalue weighted by atomic mass is 16.5. The normalized spacial score (nSPS) is 38.5. The fourth-order valence-electron chi connectivity index (χ4n) is 4.23. The monoisotopic (exact) mass is 254 g/mol. The van der Waals surface area contributed by atoms with Gasteiger partial charge in [0, 0.05) is 12.1 Å². The lowest BCUT2D eigenvalue weighted by Gasteiger charge is -2.39. The first-order valence-corrected chi connectivity index (χ1v) is 7.39. The summed E-state index contributed by atoms with van der Waals surface area (Å²) in [6.07, 6.45) is 5.03.